The lowest BCUT2D eigenvalue weighted by molar-refractivity contribution is -0.112. The zero-order valence-corrected chi connectivity index (χ0v) is 22.1. The van der Waals surface area contributed by atoms with E-state index < -0.39 is 5.91 Å². The minimum absolute atomic E-state index is 0.129. The lowest BCUT2D eigenvalue weighted by Crippen LogP contribution is -2.13. The van der Waals surface area contributed by atoms with Crippen LogP contribution in [0.4, 0.5) is 5.69 Å². The van der Waals surface area contributed by atoms with E-state index in [1.807, 2.05) is 25.1 Å². The molecule has 6 nitrogen and oxygen atoms in total. The summed E-state index contributed by atoms with van der Waals surface area (Å²) in [7, 11) is 0. The molecule has 0 aliphatic rings. The fraction of sp³-hybridized carbons (Fsp3) is 0.115. The van der Waals surface area contributed by atoms with Crippen LogP contribution in [-0.4, -0.2) is 12.5 Å². The Kier molecular flexibility index (Phi) is 9.39. The minimum atomic E-state index is -0.627. The molecule has 0 saturated carbocycles. The van der Waals surface area contributed by atoms with Crippen LogP contribution >= 0.6 is 45.8 Å². The zero-order valence-electron chi connectivity index (χ0n) is 18.4. The Hall–Kier alpha value is -3.24. The van der Waals surface area contributed by atoms with Crippen molar-refractivity contribution in [2.75, 3.05) is 11.9 Å². The van der Waals surface area contributed by atoms with Crippen LogP contribution in [0, 0.1) is 26.2 Å². The summed E-state index contributed by atoms with van der Waals surface area (Å²) >= 11 is 14.2. The second-order valence-corrected chi connectivity index (χ2v) is 8.99. The van der Waals surface area contributed by atoms with Crippen molar-refractivity contribution in [1.29, 1.82) is 10.5 Å². The van der Waals surface area contributed by atoms with Crippen LogP contribution < -0.4 is 14.8 Å². The Labute approximate surface area is 226 Å². The Bertz CT molecular complexity index is 1380. The average molecular weight is 618 g/mol. The smallest absolute Gasteiger partial charge is 0.266 e. The largest absolute Gasteiger partial charge is 0.490 e. The van der Waals surface area contributed by atoms with E-state index >= 15 is 0 Å². The number of anilines is 1. The summed E-state index contributed by atoms with van der Waals surface area (Å²) in [5.74, 6) is 0.333. The molecule has 0 radical (unpaired) electrons. The van der Waals surface area contributed by atoms with Gasteiger partial charge in [0, 0.05) is 5.56 Å². The lowest BCUT2D eigenvalue weighted by Gasteiger charge is -2.15. The van der Waals surface area contributed by atoms with Gasteiger partial charge in [-0.25, -0.2) is 0 Å². The molecule has 0 fully saturated rings. The van der Waals surface area contributed by atoms with Crippen molar-refractivity contribution in [3.8, 4) is 23.6 Å². The molecule has 0 aliphatic carbocycles. The number of rotatable bonds is 8. The fourth-order valence-electron chi connectivity index (χ4n) is 3.08. The van der Waals surface area contributed by atoms with Crippen molar-refractivity contribution < 1.29 is 14.3 Å². The number of benzene rings is 3. The molecule has 0 unspecified atom stereocenters. The van der Waals surface area contributed by atoms with Crippen molar-refractivity contribution in [3.63, 3.8) is 0 Å². The molecule has 3 rings (SSSR count). The van der Waals surface area contributed by atoms with E-state index in [1.54, 1.807) is 42.5 Å². The number of hydrogen-bond donors (Lipinski definition) is 1. The van der Waals surface area contributed by atoms with E-state index in [-0.39, 0.29) is 22.2 Å². The fourth-order valence-corrected chi connectivity index (χ4v) is 4.21. The van der Waals surface area contributed by atoms with Crippen LogP contribution in [-0.2, 0) is 11.4 Å². The van der Waals surface area contributed by atoms with Gasteiger partial charge < -0.3 is 14.8 Å². The summed E-state index contributed by atoms with van der Waals surface area (Å²) in [5.41, 5.74) is 2.03. The minimum Gasteiger partial charge on any atom is -0.490 e. The van der Waals surface area contributed by atoms with Crippen molar-refractivity contribution in [1.82, 2.24) is 0 Å². The standard InChI is InChI=1S/C26H18Cl2IN3O3/c1-2-34-23-12-16(10-19(14-31)26(33)32-22-9-5-8-20(27)24(22)28)11-21(29)25(23)35-15-18-7-4-3-6-17(18)13-30/h3-12H,2,15H2,1H3,(H,32,33)/b19-10-. The Morgan fingerprint density at radius 3 is 2.60 bits per heavy atom. The highest BCUT2D eigenvalue weighted by Gasteiger charge is 2.16. The SMILES string of the molecule is CCOc1cc(/C=C(/C#N)C(=O)Nc2cccc(Cl)c2Cl)cc(I)c1OCc1ccccc1C#N. The Morgan fingerprint density at radius 2 is 1.89 bits per heavy atom. The number of nitriles is 2. The number of halogens is 3. The third-order valence-electron chi connectivity index (χ3n) is 4.72. The molecule has 0 bridgehead atoms. The van der Waals surface area contributed by atoms with Gasteiger partial charge in [-0.15, -0.1) is 0 Å². The van der Waals surface area contributed by atoms with Gasteiger partial charge in [0.25, 0.3) is 5.91 Å². The molecule has 3 aromatic rings. The molecule has 9 heteroatoms. The van der Waals surface area contributed by atoms with E-state index in [1.165, 1.54) is 6.08 Å². The van der Waals surface area contributed by atoms with Crippen molar-refractivity contribution in [2.45, 2.75) is 13.5 Å². The van der Waals surface area contributed by atoms with Crippen molar-refractivity contribution in [2.24, 2.45) is 0 Å². The summed E-state index contributed by atoms with van der Waals surface area (Å²) < 4.78 is 12.5. The maximum atomic E-state index is 12.7. The van der Waals surface area contributed by atoms with Crippen LogP contribution in [0.15, 0.2) is 60.2 Å². The van der Waals surface area contributed by atoms with Crippen molar-refractivity contribution in [3.05, 3.63) is 90.5 Å². The number of amides is 1. The summed E-state index contributed by atoms with van der Waals surface area (Å²) in [6.45, 7) is 2.40. The first-order valence-electron chi connectivity index (χ1n) is 10.3. The topological polar surface area (TPSA) is 95.1 Å². The molecule has 35 heavy (non-hydrogen) atoms. The summed E-state index contributed by atoms with van der Waals surface area (Å²) in [5, 5.41) is 22.0. The average Bonchev–Trinajstić information content (AvgIpc) is 2.85. The molecule has 0 heterocycles. The first-order chi connectivity index (χ1) is 16.9. The van der Waals surface area contributed by atoms with E-state index in [4.69, 9.17) is 32.7 Å². The quantitative estimate of drug-likeness (QED) is 0.167. The monoisotopic (exact) mass is 617 g/mol. The number of nitrogens with one attached hydrogen (secondary N) is 1. The van der Waals surface area contributed by atoms with Gasteiger partial charge in [0.1, 0.15) is 18.2 Å². The highest BCUT2D eigenvalue weighted by atomic mass is 127. The second kappa shape index (κ2) is 12.5. The summed E-state index contributed by atoms with van der Waals surface area (Å²) in [6, 6.07) is 19.5. The zero-order chi connectivity index (χ0) is 25.4. The molecular formula is C26H18Cl2IN3O3. The van der Waals surface area contributed by atoms with Crippen molar-refractivity contribution >= 4 is 63.5 Å². The number of ether oxygens (including phenoxy) is 2. The lowest BCUT2D eigenvalue weighted by atomic mass is 10.1. The molecule has 1 N–H and O–H groups in total. The molecule has 1 amide bonds. The highest BCUT2D eigenvalue weighted by Crippen LogP contribution is 2.36. The third kappa shape index (κ3) is 6.67. The van der Waals surface area contributed by atoms with E-state index in [9.17, 15) is 15.3 Å². The number of nitrogens with zero attached hydrogens (tertiary/aromatic N) is 2. The normalized spacial score (nSPS) is 10.7. The van der Waals surface area contributed by atoms with E-state index in [2.05, 4.69) is 34.0 Å². The summed E-state index contributed by atoms with van der Waals surface area (Å²) in [4.78, 5) is 12.7. The molecule has 0 spiro atoms. The molecule has 0 saturated heterocycles. The highest BCUT2D eigenvalue weighted by molar-refractivity contribution is 14.1. The Balaban J connectivity index is 1.88. The number of hydrogen-bond acceptors (Lipinski definition) is 5. The van der Waals surface area contributed by atoms with Crippen LogP contribution in [0.5, 0.6) is 11.5 Å². The third-order valence-corrected chi connectivity index (χ3v) is 6.34. The van der Waals surface area contributed by atoms with Gasteiger partial charge in [-0.2, -0.15) is 10.5 Å². The van der Waals surface area contributed by atoms with E-state index in [0.717, 1.165) is 5.56 Å². The van der Waals surface area contributed by atoms with Crippen LogP contribution in [0.25, 0.3) is 6.08 Å². The van der Waals surface area contributed by atoms with Gasteiger partial charge >= 0.3 is 0 Å². The predicted octanol–water partition coefficient (Wildman–Crippen LogP) is 6.99. The van der Waals surface area contributed by atoms with Crippen LogP contribution in [0.3, 0.4) is 0 Å². The van der Waals surface area contributed by atoms with Crippen LogP contribution in [0.1, 0.15) is 23.6 Å². The van der Waals surface area contributed by atoms with Crippen LogP contribution in [0.2, 0.25) is 10.0 Å². The van der Waals surface area contributed by atoms with Gasteiger partial charge in [-0.05, 0) is 71.5 Å². The first kappa shape index (κ1) is 26.4. The number of carbonyl (C=O) groups is 1. The first-order valence-corrected chi connectivity index (χ1v) is 12.2. The molecule has 3 aromatic carbocycles. The molecule has 0 aromatic heterocycles. The molecular weight excluding hydrogens is 600 g/mol. The predicted molar refractivity (Wildman–Crippen MR) is 144 cm³/mol. The molecule has 0 aliphatic heterocycles. The number of carbonyl (C=O) groups excluding carboxylic acids is 1. The molecule has 176 valence electrons. The van der Waals surface area contributed by atoms with Gasteiger partial charge in [0.2, 0.25) is 0 Å². The molecule has 0 atom stereocenters. The van der Waals surface area contributed by atoms with E-state index in [0.29, 0.717) is 38.5 Å². The van der Waals surface area contributed by atoms with Gasteiger partial charge in [-0.3, -0.25) is 4.79 Å². The maximum absolute atomic E-state index is 12.7. The van der Waals surface area contributed by atoms with Gasteiger partial charge in [-0.1, -0.05) is 47.5 Å². The summed E-state index contributed by atoms with van der Waals surface area (Å²) in [6.07, 6.45) is 1.45. The Morgan fingerprint density at radius 1 is 1.11 bits per heavy atom. The maximum Gasteiger partial charge on any atom is 0.266 e. The van der Waals surface area contributed by atoms with Gasteiger partial charge in [0.05, 0.1) is 37.5 Å². The van der Waals surface area contributed by atoms with Gasteiger partial charge in [0.15, 0.2) is 11.5 Å². The second-order valence-electron chi connectivity index (χ2n) is 7.05.